The second kappa shape index (κ2) is 14.5. The van der Waals surface area contributed by atoms with E-state index in [2.05, 4.69) is 262 Å². The molecule has 0 aliphatic carbocycles. The molecule has 10 aromatic carbocycles. The first-order chi connectivity index (χ1) is 31.8. The van der Waals surface area contributed by atoms with Gasteiger partial charge < -0.3 is 13.7 Å². The van der Waals surface area contributed by atoms with Crippen LogP contribution in [-0.4, -0.2) is 21.8 Å². The first-order valence-electron chi connectivity index (χ1n) is 22.1. The summed E-state index contributed by atoms with van der Waals surface area (Å²) in [6, 6.07) is 92.3. The molecule has 13 rings (SSSR count). The molecule has 0 fully saturated rings. The van der Waals surface area contributed by atoms with Crippen molar-refractivity contribution in [3.8, 4) is 17.1 Å². The average Bonchev–Trinajstić information content (AvgIpc) is 4.01. The Labute approximate surface area is 372 Å². The van der Waals surface area contributed by atoms with Gasteiger partial charge in [-0.25, -0.2) is 0 Å². The molecule has 3 aromatic heterocycles. The van der Waals surface area contributed by atoms with E-state index in [1.54, 1.807) is 0 Å². The summed E-state index contributed by atoms with van der Waals surface area (Å²) in [5.74, 6) is 0. The second-order valence-corrected chi connectivity index (χ2v) is 20.7. The topological polar surface area (TPSA) is 14.8 Å². The Morgan fingerprint density at radius 3 is 0.875 bits per heavy atom. The molecule has 0 aliphatic rings. The number of fused-ring (bicyclic) bond motifs is 9. The Kier molecular flexibility index (Phi) is 8.23. The highest BCUT2D eigenvalue weighted by molar-refractivity contribution is 7.19. The predicted octanol–water partition coefficient (Wildman–Crippen LogP) is 12.4. The molecule has 0 amide bonds. The smallest absolute Gasteiger partial charge is 0.179 e. The largest absolute Gasteiger partial charge is 0.309 e. The third-order valence-electron chi connectivity index (χ3n) is 13.6. The Morgan fingerprint density at radius 2 is 0.500 bits per heavy atom. The lowest BCUT2D eigenvalue weighted by atomic mass is 10.1. The van der Waals surface area contributed by atoms with Gasteiger partial charge in [0.1, 0.15) is 0 Å². The van der Waals surface area contributed by atoms with Gasteiger partial charge in [-0.1, -0.05) is 176 Å². The van der Waals surface area contributed by atoms with Crippen LogP contribution < -0.4 is 20.7 Å². The summed E-state index contributed by atoms with van der Waals surface area (Å²) in [5, 5.41) is 12.9. The number of aromatic nitrogens is 3. The maximum absolute atomic E-state index is 2.79. The molecule has 64 heavy (non-hydrogen) atoms. The van der Waals surface area contributed by atoms with Crippen molar-refractivity contribution < 1.29 is 0 Å². The van der Waals surface area contributed by atoms with Crippen molar-refractivity contribution in [3.05, 3.63) is 249 Å². The summed E-state index contributed by atoms with van der Waals surface area (Å²) in [5.41, 5.74) is 10.6. The molecule has 0 N–H and O–H groups in total. The van der Waals surface area contributed by atoms with Crippen LogP contribution in [0.25, 0.3) is 82.5 Å². The van der Waals surface area contributed by atoms with Crippen LogP contribution in [0.4, 0.5) is 0 Å². The standard InChI is InChI=1S/C60H41N3Si/c1-4-20-45(21-5-1)64(46-22-6-2-7-23-46,47-24-8-3-9-25-47)48-26-18-19-42(39-48)61-59-37-35-43(62-55-31-14-10-27-49(55)50-28-11-15-32-56(50)62)40-53(59)54-41-44(36-38-60(54)61)63-57-33-16-12-29-51(57)52-30-13-17-34-58(52)63/h1-41H. The van der Waals surface area contributed by atoms with Crippen molar-refractivity contribution in [2.24, 2.45) is 0 Å². The third kappa shape index (κ3) is 5.33. The summed E-state index contributed by atoms with van der Waals surface area (Å²) in [7, 11) is -2.79. The van der Waals surface area contributed by atoms with Crippen LogP contribution in [0, 0.1) is 0 Å². The average molecular weight is 832 g/mol. The molecule has 0 atom stereocenters. The molecule has 0 bridgehead atoms. The molecule has 0 radical (unpaired) electrons. The summed E-state index contributed by atoms with van der Waals surface area (Å²) in [4.78, 5) is 0. The Bertz CT molecular complexity index is 3520. The maximum Gasteiger partial charge on any atom is 0.179 e. The fourth-order valence-corrected chi connectivity index (χ4v) is 15.7. The van der Waals surface area contributed by atoms with Gasteiger partial charge in [-0.2, -0.15) is 0 Å². The van der Waals surface area contributed by atoms with Crippen molar-refractivity contribution in [1.29, 1.82) is 0 Å². The highest BCUT2D eigenvalue weighted by Crippen LogP contribution is 2.39. The van der Waals surface area contributed by atoms with Gasteiger partial charge in [-0.3, -0.25) is 0 Å². The van der Waals surface area contributed by atoms with Crippen molar-refractivity contribution >= 4 is 94.2 Å². The van der Waals surface area contributed by atoms with Gasteiger partial charge in [0.2, 0.25) is 0 Å². The number of nitrogens with zero attached hydrogens (tertiary/aromatic N) is 3. The van der Waals surface area contributed by atoms with Crippen LogP contribution in [0.5, 0.6) is 0 Å². The van der Waals surface area contributed by atoms with E-state index in [4.69, 9.17) is 0 Å². The Morgan fingerprint density at radius 1 is 0.203 bits per heavy atom. The van der Waals surface area contributed by atoms with Crippen LogP contribution in [0.3, 0.4) is 0 Å². The second-order valence-electron chi connectivity index (χ2n) is 16.9. The summed E-state index contributed by atoms with van der Waals surface area (Å²) in [6.45, 7) is 0. The van der Waals surface area contributed by atoms with Gasteiger partial charge in [0.25, 0.3) is 0 Å². The highest BCUT2D eigenvalue weighted by Gasteiger charge is 2.41. The maximum atomic E-state index is 2.50. The predicted molar refractivity (Wildman–Crippen MR) is 273 cm³/mol. The van der Waals surface area contributed by atoms with E-state index in [9.17, 15) is 0 Å². The van der Waals surface area contributed by atoms with Gasteiger partial charge in [0.05, 0.1) is 33.1 Å². The Balaban J connectivity index is 1.11. The fraction of sp³-hybridized carbons (Fsp3) is 0. The zero-order chi connectivity index (χ0) is 42.2. The number of para-hydroxylation sites is 4. The van der Waals surface area contributed by atoms with E-state index < -0.39 is 8.07 Å². The quantitative estimate of drug-likeness (QED) is 0.112. The van der Waals surface area contributed by atoms with E-state index in [-0.39, 0.29) is 0 Å². The highest BCUT2D eigenvalue weighted by atomic mass is 28.3. The number of rotatable bonds is 7. The van der Waals surface area contributed by atoms with Crippen LogP contribution in [0.2, 0.25) is 0 Å². The molecule has 300 valence electrons. The molecule has 0 spiro atoms. The summed E-state index contributed by atoms with van der Waals surface area (Å²) >= 11 is 0. The minimum atomic E-state index is -2.79. The minimum absolute atomic E-state index is 1.14. The number of hydrogen-bond acceptors (Lipinski definition) is 0. The molecule has 0 unspecified atom stereocenters. The van der Waals surface area contributed by atoms with E-state index in [1.165, 1.54) is 86.2 Å². The van der Waals surface area contributed by atoms with Crippen molar-refractivity contribution in [1.82, 2.24) is 13.7 Å². The van der Waals surface area contributed by atoms with E-state index in [0.29, 0.717) is 0 Å². The molecule has 0 saturated heterocycles. The molecular weight excluding hydrogens is 791 g/mol. The van der Waals surface area contributed by atoms with Crippen LogP contribution in [-0.2, 0) is 0 Å². The fourth-order valence-electron chi connectivity index (χ4n) is 10.9. The zero-order valence-corrected chi connectivity index (χ0v) is 36.0. The molecular formula is C60H41N3Si. The van der Waals surface area contributed by atoms with Gasteiger partial charge in [0, 0.05) is 49.4 Å². The van der Waals surface area contributed by atoms with Gasteiger partial charge in [-0.15, -0.1) is 0 Å². The van der Waals surface area contributed by atoms with E-state index in [1.807, 2.05) is 0 Å². The molecule has 3 heterocycles. The van der Waals surface area contributed by atoms with Crippen LogP contribution in [0.15, 0.2) is 249 Å². The van der Waals surface area contributed by atoms with E-state index in [0.717, 1.165) is 17.1 Å². The molecule has 3 nitrogen and oxygen atoms in total. The summed E-state index contributed by atoms with van der Waals surface area (Å²) in [6.07, 6.45) is 0. The number of hydrogen-bond donors (Lipinski definition) is 0. The van der Waals surface area contributed by atoms with Crippen molar-refractivity contribution in [2.75, 3.05) is 0 Å². The lowest BCUT2D eigenvalue weighted by Crippen LogP contribution is -2.74. The van der Waals surface area contributed by atoms with Crippen molar-refractivity contribution in [2.45, 2.75) is 0 Å². The molecule has 4 heteroatoms. The molecule has 13 aromatic rings. The van der Waals surface area contributed by atoms with Gasteiger partial charge >= 0.3 is 0 Å². The first kappa shape index (κ1) is 36.5. The Hall–Kier alpha value is -8.18. The normalized spacial score (nSPS) is 12.1. The van der Waals surface area contributed by atoms with E-state index >= 15 is 0 Å². The minimum Gasteiger partial charge on any atom is -0.309 e. The van der Waals surface area contributed by atoms with Crippen LogP contribution >= 0.6 is 0 Å². The lowest BCUT2D eigenvalue weighted by Gasteiger charge is -2.34. The number of benzene rings is 10. The lowest BCUT2D eigenvalue weighted by molar-refractivity contribution is 1.16. The van der Waals surface area contributed by atoms with Gasteiger partial charge in [-0.05, 0) is 93.5 Å². The zero-order valence-electron chi connectivity index (χ0n) is 35.0. The third-order valence-corrected chi connectivity index (χ3v) is 18.3. The molecule has 0 saturated carbocycles. The summed E-state index contributed by atoms with van der Waals surface area (Å²) < 4.78 is 7.37. The molecule has 0 aliphatic heterocycles. The SMILES string of the molecule is c1ccc([Si](c2ccccc2)(c2ccccc2)c2cccc(-n3c4ccc(-n5c6ccccc6c6ccccc65)cc4c4cc(-n5c6ccccc6c6ccccc65)ccc43)c2)cc1. The monoisotopic (exact) mass is 831 g/mol. The van der Waals surface area contributed by atoms with Gasteiger partial charge in [0.15, 0.2) is 8.07 Å². The van der Waals surface area contributed by atoms with Crippen molar-refractivity contribution in [3.63, 3.8) is 0 Å². The van der Waals surface area contributed by atoms with Crippen LogP contribution in [0.1, 0.15) is 0 Å². The first-order valence-corrected chi connectivity index (χ1v) is 24.1.